The van der Waals surface area contributed by atoms with Crippen molar-refractivity contribution in [2.75, 3.05) is 11.5 Å². The molecule has 1 aromatic rings. The second kappa shape index (κ2) is 6.62. The number of benzene rings is 1. The Kier molecular flexibility index (Phi) is 5.13. The quantitative estimate of drug-likeness (QED) is 0.321. The molecule has 0 aromatic heterocycles. The van der Waals surface area contributed by atoms with Crippen LogP contribution in [0.4, 0.5) is 0 Å². The molecule has 1 spiro atoms. The van der Waals surface area contributed by atoms with Gasteiger partial charge in [0.1, 0.15) is 5.40 Å². The summed E-state index contributed by atoms with van der Waals surface area (Å²) in [4.78, 5) is 0. The molecule has 1 saturated carbocycles. The molecule has 0 amide bonds. The van der Waals surface area contributed by atoms with Gasteiger partial charge in [0.05, 0.1) is 10.9 Å². The number of thioether (sulfide) groups is 1. The molecule has 0 heterocycles. The highest BCUT2D eigenvalue weighted by molar-refractivity contribution is 14.1. The molecule has 0 N–H and O–H groups in total. The molecule has 22 heavy (non-hydrogen) atoms. The third kappa shape index (κ3) is 2.54. The number of thiocyanates is 1. The van der Waals surface area contributed by atoms with Crippen molar-refractivity contribution < 1.29 is 4.74 Å². The molecule has 0 radical (unpaired) electrons. The van der Waals surface area contributed by atoms with Gasteiger partial charge in [0, 0.05) is 16.0 Å². The van der Waals surface area contributed by atoms with E-state index in [2.05, 4.69) is 62.1 Å². The van der Waals surface area contributed by atoms with Crippen LogP contribution in [-0.2, 0) is 15.9 Å². The Morgan fingerprint density at radius 2 is 2.18 bits per heavy atom. The zero-order valence-electron chi connectivity index (χ0n) is 12.6. The van der Waals surface area contributed by atoms with Crippen LogP contribution in [0.5, 0.6) is 0 Å². The first-order valence-electron chi connectivity index (χ1n) is 7.55. The number of hydrogen-bond acceptors (Lipinski definition) is 3. The van der Waals surface area contributed by atoms with E-state index in [0.29, 0.717) is 6.10 Å². The molecule has 2 aliphatic carbocycles. The van der Waals surface area contributed by atoms with Gasteiger partial charge in [0.2, 0.25) is 0 Å². The lowest BCUT2D eigenvalue weighted by atomic mass is 9.65. The zero-order chi connectivity index (χ0) is 15.8. The van der Waals surface area contributed by atoms with Crippen molar-refractivity contribution in [3.05, 3.63) is 33.8 Å². The van der Waals surface area contributed by atoms with Crippen LogP contribution >= 0.6 is 50.3 Å². The Bertz CT molecular complexity index is 609. The van der Waals surface area contributed by atoms with Gasteiger partial charge in [-0.2, -0.15) is 5.26 Å². The second-order valence-electron chi connectivity index (χ2n) is 6.35. The molecule has 1 aromatic carbocycles. The van der Waals surface area contributed by atoms with E-state index in [0.717, 1.165) is 41.0 Å². The van der Waals surface area contributed by atoms with Gasteiger partial charge in [0.15, 0.2) is 0 Å². The first-order valence-corrected chi connectivity index (χ1v) is 10.7. The summed E-state index contributed by atoms with van der Waals surface area (Å²) in [6.07, 6.45) is 6.00. The Balaban J connectivity index is 2.07. The highest BCUT2D eigenvalue weighted by Gasteiger charge is 2.58. The summed E-state index contributed by atoms with van der Waals surface area (Å²) in [7, 11) is 1.82. The van der Waals surface area contributed by atoms with Crippen LogP contribution in [0.2, 0.25) is 0 Å². The van der Waals surface area contributed by atoms with E-state index < -0.39 is 0 Å². The summed E-state index contributed by atoms with van der Waals surface area (Å²) >= 11 is 7.59. The Hall–Kier alpha value is 0.230. The average molecular weight is 492 g/mol. The van der Waals surface area contributed by atoms with Crippen molar-refractivity contribution in [1.29, 1.82) is 5.26 Å². The number of alkyl halides is 1. The fourth-order valence-electron chi connectivity index (χ4n) is 4.31. The molecule has 118 valence electrons. The number of methoxy groups -OCH3 is 1. The predicted molar refractivity (Wildman–Crippen MR) is 103 cm³/mol. The molecule has 1 unspecified atom stereocenters. The number of hydrogen-bond donors (Lipinski definition) is 0. The van der Waals surface area contributed by atoms with Crippen LogP contribution < -0.4 is 0 Å². The maximum Gasteiger partial charge on any atom is 0.134 e. The van der Waals surface area contributed by atoms with Crippen molar-refractivity contribution in [3.8, 4) is 5.40 Å². The summed E-state index contributed by atoms with van der Waals surface area (Å²) in [5, 5.41) is 11.9. The highest BCUT2D eigenvalue weighted by atomic mass is 127. The minimum atomic E-state index is -0.0832. The fourth-order valence-corrected chi connectivity index (χ4v) is 7.37. The van der Waals surface area contributed by atoms with Crippen LogP contribution in [0.25, 0.3) is 0 Å². The molecule has 0 saturated heterocycles. The number of nitriles is 1. The van der Waals surface area contributed by atoms with Gasteiger partial charge in [-0.1, -0.05) is 44.6 Å². The minimum Gasteiger partial charge on any atom is -0.381 e. The van der Waals surface area contributed by atoms with Gasteiger partial charge in [-0.3, -0.25) is 0 Å². The molecule has 1 atom stereocenters. The van der Waals surface area contributed by atoms with Crippen LogP contribution in [-0.4, -0.2) is 17.6 Å². The van der Waals surface area contributed by atoms with Crippen molar-refractivity contribution in [3.63, 3.8) is 0 Å². The summed E-state index contributed by atoms with van der Waals surface area (Å²) < 4.78 is 7.58. The number of halogens is 2. The molecular formula is C17H19BrINOS. The van der Waals surface area contributed by atoms with E-state index in [1.807, 2.05) is 7.11 Å². The van der Waals surface area contributed by atoms with E-state index >= 15 is 0 Å². The van der Waals surface area contributed by atoms with Crippen LogP contribution in [0, 0.1) is 16.1 Å². The summed E-state index contributed by atoms with van der Waals surface area (Å²) in [5.41, 5.74) is 3.00. The largest absolute Gasteiger partial charge is 0.381 e. The maximum absolute atomic E-state index is 9.50. The monoisotopic (exact) mass is 491 g/mol. The van der Waals surface area contributed by atoms with Crippen molar-refractivity contribution >= 4 is 50.3 Å². The smallest absolute Gasteiger partial charge is 0.134 e. The van der Waals surface area contributed by atoms with Crippen LogP contribution in [0.1, 0.15) is 36.8 Å². The normalized spacial score (nSPS) is 33.6. The third-order valence-electron chi connectivity index (χ3n) is 5.52. The summed E-state index contributed by atoms with van der Waals surface area (Å²) in [5.74, 6) is 0. The molecule has 2 nitrogen and oxygen atoms in total. The molecule has 2 aliphatic rings. The van der Waals surface area contributed by atoms with E-state index in [4.69, 9.17) is 4.74 Å². The van der Waals surface area contributed by atoms with Crippen LogP contribution in [0.3, 0.4) is 0 Å². The Morgan fingerprint density at radius 1 is 1.45 bits per heavy atom. The number of rotatable bonds is 3. The Morgan fingerprint density at radius 3 is 2.77 bits per heavy atom. The van der Waals surface area contributed by atoms with E-state index in [1.54, 1.807) is 0 Å². The molecular weight excluding hydrogens is 473 g/mol. The molecule has 5 heteroatoms. The van der Waals surface area contributed by atoms with Gasteiger partial charge in [-0.25, -0.2) is 0 Å². The molecule has 1 fully saturated rings. The predicted octanol–water partition coefficient (Wildman–Crippen LogP) is 5.43. The standard InChI is InChI=1S/C17H19BrINOS/c1-21-14-4-6-16(7-5-14)9-12-2-3-13(18)8-15(12)17(16,10-19)22-11-20/h2-3,8,14H,4-7,9-10H2,1H3. The van der Waals surface area contributed by atoms with Gasteiger partial charge < -0.3 is 4.74 Å². The highest BCUT2D eigenvalue weighted by Crippen LogP contribution is 2.64. The molecule has 0 aliphatic heterocycles. The lowest BCUT2D eigenvalue weighted by molar-refractivity contribution is 0.0182. The number of nitrogens with zero attached hydrogens (tertiary/aromatic N) is 1. The second-order valence-corrected chi connectivity index (χ2v) is 9.11. The van der Waals surface area contributed by atoms with Gasteiger partial charge in [-0.15, -0.1) is 0 Å². The van der Waals surface area contributed by atoms with Gasteiger partial charge >= 0.3 is 0 Å². The average Bonchev–Trinajstić information content (AvgIpc) is 2.79. The maximum atomic E-state index is 9.50. The third-order valence-corrected chi connectivity index (χ3v) is 8.92. The number of fused-ring (bicyclic) bond motifs is 1. The Labute approximate surface area is 158 Å². The lowest BCUT2D eigenvalue weighted by Gasteiger charge is -2.47. The minimum absolute atomic E-state index is 0.0832. The summed E-state index contributed by atoms with van der Waals surface area (Å²) in [6.45, 7) is 0. The summed E-state index contributed by atoms with van der Waals surface area (Å²) in [6, 6.07) is 6.62. The number of ether oxygens (including phenoxy) is 1. The fraction of sp³-hybridized carbons (Fsp3) is 0.588. The van der Waals surface area contributed by atoms with Crippen molar-refractivity contribution in [2.45, 2.75) is 43.0 Å². The van der Waals surface area contributed by atoms with E-state index in [9.17, 15) is 5.26 Å². The first-order chi connectivity index (χ1) is 10.6. The topological polar surface area (TPSA) is 33.0 Å². The lowest BCUT2D eigenvalue weighted by Crippen LogP contribution is -2.45. The van der Waals surface area contributed by atoms with Gasteiger partial charge in [-0.05, 0) is 72.5 Å². The van der Waals surface area contributed by atoms with Crippen molar-refractivity contribution in [2.24, 2.45) is 5.41 Å². The molecule has 0 bridgehead atoms. The van der Waals surface area contributed by atoms with Crippen molar-refractivity contribution in [1.82, 2.24) is 0 Å². The van der Waals surface area contributed by atoms with E-state index in [-0.39, 0.29) is 10.2 Å². The van der Waals surface area contributed by atoms with E-state index in [1.165, 1.54) is 22.9 Å². The van der Waals surface area contributed by atoms with Crippen LogP contribution in [0.15, 0.2) is 22.7 Å². The first kappa shape index (κ1) is 17.1. The SMILES string of the molecule is COC1CCC2(CC1)Cc1ccc(Br)cc1C2(CI)SC#N. The molecule has 3 rings (SSSR count). The van der Waals surface area contributed by atoms with Gasteiger partial charge in [0.25, 0.3) is 0 Å². The zero-order valence-corrected chi connectivity index (χ0v) is 17.1.